The van der Waals surface area contributed by atoms with Crippen LogP contribution in [0.25, 0.3) is 0 Å². The Hall–Kier alpha value is -2.41. The van der Waals surface area contributed by atoms with Gasteiger partial charge in [-0.2, -0.15) is 0 Å². The van der Waals surface area contributed by atoms with Crippen LogP contribution in [0.5, 0.6) is 0 Å². The minimum Gasteiger partial charge on any atom is -0.332 e. The molecule has 3 heterocycles. The summed E-state index contributed by atoms with van der Waals surface area (Å²) in [6.07, 6.45) is 2.43. The fraction of sp³-hybridized carbons (Fsp3) is 0.444. The second kappa shape index (κ2) is 6.48. The summed E-state index contributed by atoms with van der Waals surface area (Å²) >= 11 is 0. The lowest BCUT2D eigenvalue weighted by Gasteiger charge is -2.25. The molecule has 1 unspecified atom stereocenters. The lowest BCUT2D eigenvalue weighted by atomic mass is 9.96. The highest BCUT2D eigenvalue weighted by molar-refractivity contribution is 6.01. The first-order chi connectivity index (χ1) is 12.1. The highest BCUT2D eigenvalue weighted by Crippen LogP contribution is 2.32. The molecule has 3 amide bonds. The van der Waals surface area contributed by atoms with Gasteiger partial charge in [0.1, 0.15) is 5.82 Å². The van der Waals surface area contributed by atoms with Gasteiger partial charge in [0.05, 0.1) is 23.9 Å². The maximum atomic E-state index is 13.6. The van der Waals surface area contributed by atoms with E-state index in [0.29, 0.717) is 29.9 Å². The van der Waals surface area contributed by atoms with Gasteiger partial charge in [-0.3, -0.25) is 4.79 Å². The van der Waals surface area contributed by atoms with E-state index in [9.17, 15) is 14.0 Å². The third-order valence-corrected chi connectivity index (χ3v) is 5.09. The van der Waals surface area contributed by atoms with Crippen molar-refractivity contribution in [2.24, 2.45) is 0 Å². The second-order valence-corrected chi connectivity index (χ2v) is 6.75. The van der Waals surface area contributed by atoms with Gasteiger partial charge in [-0.05, 0) is 43.6 Å². The van der Waals surface area contributed by atoms with Crippen molar-refractivity contribution in [3.63, 3.8) is 0 Å². The summed E-state index contributed by atoms with van der Waals surface area (Å²) in [5, 5.41) is 5.49. The predicted octanol–water partition coefficient (Wildman–Crippen LogP) is 1.37. The zero-order chi connectivity index (χ0) is 17.4. The van der Waals surface area contributed by atoms with Crippen LogP contribution in [0.4, 0.5) is 9.18 Å². The predicted molar refractivity (Wildman–Crippen MR) is 90.1 cm³/mol. The molecule has 1 aromatic carbocycles. The molecule has 3 aliphatic rings. The molecule has 1 saturated heterocycles. The van der Waals surface area contributed by atoms with E-state index in [1.54, 1.807) is 17.0 Å². The Morgan fingerprint density at radius 3 is 2.72 bits per heavy atom. The van der Waals surface area contributed by atoms with E-state index in [0.717, 1.165) is 19.6 Å². The fourth-order valence-electron chi connectivity index (χ4n) is 3.81. The van der Waals surface area contributed by atoms with E-state index in [1.807, 2.05) is 0 Å². The van der Waals surface area contributed by atoms with E-state index in [-0.39, 0.29) is 17.8 Å². The Labute approximate surface area is 145 Å². The van der Waals surface area contributed by atoms with Crippen LogP contribution in [0.1, 0.15) is 24.4 Å². The summed E-state index contributed by atoms with van der Waals surface area (Å²) in [5.41, 5.74) is 1.73. The highest BCUT2D eigenvalue weighted by atomic mass is 19.1. The van der Waals surface area contributed by atoms with Crippen molar-refractivity contribution in [2.75, 3.05) is 32.7 Å². The molecule has 0 bridgehead atoms. The largest absolute Gasteiger partial charge is 0.332 e. The molecule has 7 heteroatoms. The van der Waals surface area contributed by atoms with Crippen LogP contribution in [-0.4, -0.2) is 54.5 Å². The van der Waals surface area contributed by atoms with E-state index in [2.05, 4.69) is 15.5 Å². The SMILES string of the molecule is O=C1NC2=C(C(=O)N(CCN3CCCC3)C2)C(c2cccc(F)c2)N1. The summed E-state index contributed by atoms with van der Waals surface area (Å²) in [4.78, 5) is 29.0. The fourth-order valence-corrected chi connectivity index (χ4v) is 3.81. The van der Waals surface area contributed by atoms with Crippen LogP contribution in [-0.2, 0) is 4.79 Å². The Kier molecular flexibility index (Phi) is 4.17. The lowest BCUT2D eigenvalue weighted by Crippen LogP contribution is -2.44. The number of halogens is 1. The monoisotopic (exact) mass is 344 g/mol. The van der Waals surface area contributed by atoms with Gasteiger partial charge in [0.2, 0.25) is 0 Å². The molecule has 0 aliphatic carbocycles. The molecule has 1 fully saturated rings. The topological polar surface area (TPSA) is 64.7 Å². The number of likely N-dealkylation sites (tertiary alicyclic amines) is 1. The molecule has 4 rings (SSSR count). The van der Waals surface area contributed by atoms with Crippen molar-refractivity contribution in [1.29, 1.82) is 0 Å². The van der Waals surface area contributed by atoms with Gasteiger partial charge in [-0.1, -0.05) is 12.1 Å². The molecular weight excluding hydrogens is 323 g/mol. The Morgan fingerprint density at radius 1 is 1.16 bits per heavy atom. The highest BCUT2D eigenvalue weighted by Gasteiger charge is 2.40. The molecule has 2 N–H and O–H groups in total. The number of urea groups is 1. The van der Waals surface area contributed by atoms with Crippen LogP contribution in [0.15, 0.2) is 35.5 Å². The average Bonchev–Trinajstić information content (AvgIpc) is 3.20. The van der Waals surface area contributed by atoms with E-state index in [1.165, 1.54) is 25.0 Å². The first-order valence-corrected chi connectivity index (χ1v) is 8.69. The minimum absolute atomic E-state index is 0.0871. The van der Waals surface area contributed by atoms with Gasteiger partial charge in [0, 0.05) is 13.1 Å². The van der Waals surface area contributed by atoms with Crippen molar-refractivity contribution in [2.45, 2.75) is 18.9 Å². The normalized spacial score (nSPS) is 23.7. The summed E-state index contributed by atoms with van der Waals surface area (Å²) < 4.78 is 13.6. The maximum Gasteiger partial charge on any atom is 0.319 e. The molecule has 1 aromatic rings. The van der Waals surface area contributed by atoms with Gasteiger partial charge in [0.25, 0.3) is 5.91 Å². The minimum atomic E-state index is -0.608. The van der Waals surface area contributed by atoms with Gasteiger partial charge in [0.15, 0.2) is 0 Å². The second-order valence-electron chi connectivity index (χ2n) is 6.75. The van der Waals surface area contributed by atoms with Crippen LogP contribution in [0, 0.1) is 5.82 Å². The standard InChI is InChI=1S/C18H21FN4O2/c19-13-5-3-4-12(10-13)16-15-14(20-18(25)21-16)11-23(17(15)24)9-8-22-6-1-2-7-22/h3-5,10,16H,1-2,6-9,11H2,(H2,20,21,25). The first-order valence-electron chi connectivity index (χ1n) is 8.69. The zero-order valence-corrected chi connectivity index (χ0v) is 13.9. The number of benzene rings is 1. The number of hydrogen-bond acceptors (Lipinski definition) is 3. The van der Waals surface area contributed by atoms with Gasteiger partial charge >= 0.3 is 6.03 Å². The van der Waals surface area contributed by atoms with Crippen molar-refractivity contribution >= 4 is 11.9 Å². The van der Waals surface area contributed by atoms with Crippen LogP contribution >= 0.6 is 0 Å². The maximum absolute atomic E-state index is 13.6. The van der Waals surface area contributed by atoms with Crippen molar-refractivity contribution < 1.29 is 14.0 Å². The number of nitrogens with zero attached hydrogens (tertiary/aromatic N) is 2. The third-order valence-electron chi connectivity index (χ3n) is 5.09. The van der Waals surface area contributed by atoms with Crippen LogP contribution in [0.2, 0.25) is 0 Å². The Bertz CT molecular complexity index is 742. The quantitative estimate of drug-likeness (QED) is 0.867. The van der Waals surface area contributed by atoms with Gasteiger partial charge < -0.3 is 20.4 Å². The number of nitrogens with one attached hydrogen (secondary N) is 2. The Morgan fingerprint density at radius 2 is 1.96 bits per heavy atom. The van der Waals surface area contributed by atoms with Crippen molar-refractivity contribution in [1.82, 2.24) is 20.4 Å². The molecule has 0 aromatic heterocycles. The smallest absolute Gasteiger partial charge is 0.319 e. The zero-order valence-electron chi connectivity index (χ0n) is 13.9. The van der Waals surface area contributed by atoms with Gasteiger partial charge in [-0.25, -0.2) is 9.18 Å². The van der Waals surface area contributed by atoms with E-state index < -0.39 is 6.04 Å². The van der Waals surface area contributed by atoms with Gasteiger partial charge in [-0.15, -0.1) is 0 Å². The van der Waals surface area contributed by atoms with Crippen molar-refractivity contribution in [3.05, 3.63) is 46.9 Å². The first kappa shape index (κ1) is 16.1. The third kappa shape index (κ3) is 3.11. The number of carbonyl (C=O) groups excluding carboxylic acids is 2. The molecule has 132 valence electrons. The van der Waals surface area contributed by atoms with Crippen molar-refractivity contribution in [3.8, 4) is 0 Å². The summed E-state index contributed by atoms with van der Waals surface area (Å²) in [6.45, 7) is 4.05. The van der Waals surface area contributed by atoms with E-state index in [4.69, 9.17) is 0 Å². The average molecular weight is 344 g/mol. The number of carbonyl (C=O) groups is 2. The summed E-state index contributed by atoms with van der Waals surface area (Å²) in [7, 11) is 0. The molecule has 0 saturated carbocycles. The number of rotatable bonds is 4. The molecule has 1 atom stereocenters. The Balaban J connectivity index is 1.53. The number of amides is 3. The molecule has 6 nitrogen and oxygen atoms in total. The summed E-state index contributed by atoms with van der Waals surface area (Å²) in [5.74, 6) is -0.472. The van der Waals surface area contributed by atoms with E-state index >= 15 is 0 Å². The molecule has 25 heavy (non-hydrogen) atoms. The van der Waals surface area contributed by atoms with Crippen LogP contribution in [0.3, 0.4) is 0 Å². The molecule has 3 aliphatic heterocycles. The summed E-state index contributed by atoms with van der Waals surface area (Å²) in [6, 6.07) is 5.06. The number of hydrogen-bond donors (Lipinski definition) is 2. The van der Waals surface area contributed by atoms with Crippen LogP contribution < -0.4 is 10.6 Å². The molecular formula is C18H21FN4O2. The molecule has 0 radical (unpaired) electrons. The molecule has 0 spiro atoms. The lowest BCUT2D eigenvalue weighted by molar-refractivity contribution is -0.126.